The maximum atomic E-state index is 12.4. The molecule has 0 aromatic heterocycles. The van der Waals surface area contributed by atoms with E-state index in [4.69, 9.17) is 16.3 Å². The molecule has 132 valence electrons. The maximum absolute atomic E-state index is 12.4. The van der Waals surface area contributed by atoms with Crippen molar-refractivity contribution >= 4 is 17.5 Å². The lowest BCUT2D eigenvalue weighted by molar-refractivity contribution is -0.901. The van der Waals surface area contributed by atoms with Crippen molar-refractivity contribution in [2.24, 2.45) is 0 Å². The number of methoxy groups -OCH3 is 1. The fourth-order valence-corrected chi connectivity index (χ4v) is 3.42. The number of rotatable bonds is 6. The number of amides is 1. The van der Waals surface area contributed by atoms with Gasteiger partial charge in [-0.05, 0) is 23.8 Å². The van der Waals surface area contributed by atoms with Gasteiger partial charge in [0.15, 0.2) is 0 Å². The summed E-state index contributed by atoms with van der Waals surface area (Å²) in [5.41, 5.74) is 2.88. The van der Waals surface area contributed by atoms with Gasteiger partial charge in [-0.15, -0.1) is 0 Å². The highest BCUT2D eigenvalue weighted by Gasteiger charge is 2.15. The Kier molecular flexibility index (Phi) is 5.95. The van der Waals surface area contributed by atoms with Crippen molar-refractivity contribution in [1.29, 1.82) is 0 Å². The molecule has 0 unspecified atom stereocenters. The van der Waals surface area contributed by atoms with Crippen LogP contribution in [0.4, 0.5) is 0 Å². The van der Waals surface area contributed by atoms with E-state index in [1.54, 1.807) is 30.2 Å². The molecule has 0 aliphatic carbocycles. The number of carbonyl (C=O) groups is 1. The van der Waals surface area contributed by atoms with Gasteiger partial charge in [0.25, 0.3) is 5.91 Å². The molecule has 0 atom stereocenters. The van der Waals surface area contributed by atoms with E-state index >= 15 is 0 Å². The van der Waals surface area contributed by atoms with Crippen LogP contribution in [0.15, 0.2) is 42.5 Å². The van der Waals surface area contributed by atoms with E-state index in [1.165, 1.54) is 31.5 Å². The van der Waals surface area contributed by atoms with Crippen molar-refractivity contribution < 1.29 is 14.4 Å². The number of ether oxygens (including phenoxy) is 1. The number of benzene rings is 2. The standard InChI is InChI=1S/C20H23ClN2O2/c1-25-19-9-8-17(21)12-18(19)20(24)22-13-15-4-6-16(7-5-15)14-23-10-2-3-11-23/h4-9,12H,2-3,10-11,13-14H2,1H3,(H,22,24)/p+1. The van der Waals surface area contributed by atoms with E-state index in [0.717, 1.165) is 12.1 Å². The molecule has 3 rings (SSSR count). The second kappa shape index (κ2) is 8.37. The fraction of sp³-hybridized carbons (Fsp3) is 0.350. The van der Waals surface area contributed by atoms with Crippen molar-refractivity contribution in [2.45, 2.75) is 25.9 Å². The van der Waals surface area contributed by atoms with Crippen molar-refractivity contribution in [1.82, 2.24) is 5.32 Å². The smallest absolute Gasteiger partial charge is 0.255 e. The predicted octanol–water partition coefficient (Wildman–Crippen LogP) is 2.46. The number of quaternary nitrogens is 1. The Balaban J connectivity index is 1.57. The van der Waals surface area contributed by atoms with E-state index in [2.05, 4.69) is 29.6 Å². The first-order valence-electron chi connectivity index (χ1n) is 8.69. The summed E-state index contributed by atoms with van der Waals surface area (Å²) in [5.74, 6) is 0.329. The lowest BCUT2D eigenvalue weighted by atomic mass is 10.1. The number of likely N-dealkylation sites (tertiary alicyclic amines) is 1. The Morgan fingerprint density at radius 2 is 1.80 bits per heavy atom. The first-order valence-corrected chi connectivity index (χ1v) is 9.06. The fourth-order valence-electron chi connectivity index (χ4n) is 3.25. The third kappa shape index (κ3) is 4.74. The number of halogens is 1. The number of carbonyl (C=O) groups excluding carboxylic acids is 1. The second-order valence-corrected chi connectivity index (χ2v) is 6.91. The van der Waals surface area contributed by atoms with Crippen molar-refractivity contribution in [3.05, 3.63) is 64.2 Å². The van der Waals surface area contributed by atoms with E-state index in [-0.39, 0.29) is 5.91 Å². The van der Waals surface area contributed by atoms with Crippen LogP contribution in [0, 0.1) is 0 Å². The zero-order valence-corrected chi connectivity index (χ0v) is 15.2. The van der Waals surface area contributed by atoms with Crippen molar-refractivity contribution in [2.75, 3.05) is 20.2 Å². The Hall–Kier alpha value is -2.04. The van der Waals surface area contributed by atoms with Crippen LogP contribution in [0.3, 0.4) is 0 Å². The van der Waals surface area contributed by atoms with Gasteiger partial charge in [0.1, 0.15) is 12.3 Å². The van der Waals surface area contributed by atoms with Crippen LogP contribution in [0.5, 0.6) is 5.75 Å². The van der Waals surface area contributed by atoms with Crippen molar-refractivity contribution in [3.8, 4) is 5.75 Å². The minimum atomic E-state index is -0.190. The molecule has 2 N–H and O–H groups in total. The molecule has 5 heteroatoms. The minimum Gasteiger partial charge on any atom is -0.496 e. The van der Waals surface area contributed by atoms with Crippen LogP contribution >= 0.6 is 11.6 Å². The minimum absolute atomic E-state index is 0.190. The van der Waals surface area contributed by atoms with Crippen LogP contribution < -0.4 is 15.0 Å². The molecule has 1 aliphatic rings. The third-order valence-electron chi connectivity index (χ3n) is 4.65. The Bertz CT molecular complexity index is 725. The molecule has 0 saturated carbocycles. The third-order valence-corrected chi connectivity index (χ3v) is 4.88. The molecule has 1 saturated heterocycles. The molecule has 0 spiro atoms. The van der Waals surface area contributed by atoms with Crippen LogP contribution in [-0.4, -0.2) is 26.1 Å². The number of hydrogen-bond acceptors (Lipinski definition) is 2. The topological polar surface area (TPSA) is 42.8 Å². The molecule has 0 radical (unpaired) electrons. The SMILES string of the molecule is COc1ccc(Cl)cc1C(=O)NCc1ccc(C[NH+]2CCCC2)cc1. The van der Waals surface area contributed by atoms with Gasteiger partial charge in [-0.2, -0.15) is 0 Å². The van der Waals surface area contributed by atoms with Gasteiger partial charge in [0.2, 0.25) is 0 Å². The number of nitrogens with one attached hydrogen (secondary N) is 2. The summed E-state index contributed by atoms with van der Waals surface area (Å²) in [6.07, 6.45) is 2.68. The van der Waals surface area contributed by atoms with Gasteiger partial charge < -0.3 is 15.0 Å². The molecule has 1 aliphatic heterocycles. The Morgan fingerprint density at radius 1 is 1.12 bits per heavy atom. The highest BCUT2D eigenvalue weighted by molar-refractivity contribution is 6.31. The normalized spacial score (nSPS) is 14.5. The van der Waals surface area contributed by atoms with E-state index in [9.17, 15) is 4.79 Å². The maximum Gasteiger partial charge on any atom is 0.255 e. The summed E-state index contributed by atoms with van der Waals surface area (Å²) in [6.45, 7) is 4.12. The molecule has 2 aromatic carbocycles. The lowest BCUT2D eigenvalue weighted by Gasteiger charge is -2.13. The molecule has 1 heterocycles. The highest BCUT2D eigenvalue weighted by Crippen LogP contribution is 2.22. The summed E-state index contributed by atoms with van der Waals surface area (Å²) in [5, 5.41) is 3.44. The zero-order chi connectivity index (χ0) is 17.6. The Morgan fingerprint density at radius 3 is 2.48 bits per heavy atom. The van der Waals surface area contributed by atoms with Crippen LogP contribution in [0.25, 0.3) is 0 Å². The Labute approximate surface area is 153 Å². The van der Waals surface area contributed by atoms with Gasteiger partial charge in [-0.1, -0.05) is 35.9 Å². The van der Waals surface area contributed by atoms with E-state index in [1.807, 2.05) is 0 Å². The highest BCUT2D eigenvalue weighted by atomic mass is 35.5. The molecule has 1 fully saturated rings. The second-order valence-electron chi connectivity index (χ2n) is 6.48. The quantitative estimate of drug-likeness (QED) is 0.832. The van der Waals surface area contributed by atoms with Gasteiger partial charge in [0.05, 0.1) is 25.8 Å². The lowest BCUT2D eigenvalue weighted by Crippen LogP contribution is -3.08. The summed E-state index contributed by atoms with van der Waals surface area (Å²) >= 11 is 5.98. The predicted molar refractivity (Wildman–Crippen MR) is 99.3 cm³/mol. The monoisotopic (exact) mass is 359 g/mol. The molecular formula is C20H24ClN2O2+. The average Bonchev–Trinajstić information content (AvgIpc) is 3.14. The molecule has 0 bridgehead atoms. The molecule has 1 amide bonds. The van der Waals surface area contributed by atoms with Crippen LogP contribution in [0.1, 0.15) is 34.3 Å². The van der Waals surface area contributed by atoms with Gasteiger partial charge >= 0.3 is 0 Å². The number of hydrogen-bond donors (Lipinski definition) is 2. The van der Waals surface area contributed by atoms with Crippen LogP contribution in [-0.2, 0) is 13.1 Å². The molecule has 4 nitrogen and oxygen atoms in total. The van der Waals surface area contributed by atoms with Gasteiger partial charge in [-0.25, -0.2) is 0 Å². The summed E-state index contributed by atoms with van der Waals surface area (Å²) in [7, 11) is 1.54. The summed E-state index contributed by atoms with van der Waals surface area (Å²) in [4.78, 5) is 14.1. The van der Waals surface area contributed by atoms with Gasteiger partial charge in [0, 0.05) is 30.0 Å². The first-order chi connectivity index (χ1) is 12.2. The van der Waals surface area contributed by atoms with E-state index in [0.29, 0.717) is 22.9 Å². The first kappa shape index (κ1) is 17.8. The van der Waals surface area contributed by atoms with E-state index < -0.39 is 0 Å². The molecule has 25 heavy (non-hydrogen) atoms. The van der Waals surface area contributed by atoms with Crippen molar-refractivity contribution in [3.63, 3.8) is 0 Å². The van der Waals surface area contributed by atoms with Gasteiger partial charge in [-0.3, -0.25) is 4.79 Å². The largest absolute Gasteiger partial charge is 0.496 e. The summed E-state index contributed by atoms with van der Waals surface area (Å²) in [6, 6.07) is 13.5. The zero-order valence-electron chi connectivity index (χ0n) is 14.5. The van der Waals surface area contributed by atoms with Crippen LogP contribution in [0.2, 0.25) is 5.02 Å². The summed E-state index contributed by atoms with van der Waals surface area (Å²) < 4.78 is 5.23. The molecular weight excluding hydrogens is 336 g/mol. The average molecular weight is 360 g/mol. The molecule has 2 aromatic rings.